The number of halogens is 1. The molecule has 0 saturated heterocycles. The molecule has 0 radical (unpaired) electrons. The fourth-order valence-electron chi connectivity index (χ4n) is 1.06. The van der Waals surface area contributed by atoms with Crippen molar-refractivity contribution in [1.29, 1.82) is 0 Å². The summed E-state index contributed by atoms with van der Waals surface area (Å²) in [4.78, 5) is 18.8. The monoisotopic (exact) mass is 241 g/mol. The van der Waals surface area contributed by atoms with Gasteiger partial charge in [-0.1, -0.05) is 0 Å². The van der Waals surface area contributed by atoms with Crippen molar-refractivity contribution < 1.29 is 9.18 Å². The molecule has 1 aromatic rings. The van der Waals surface area contributed by atoms with Crippen molar-refractivity contribution in [2.45, 2.75) is 26.3 Å². The van der Waals surface area contributed by atoms with Crippen LogP contribution >= 0.6 is 0 Å². The molecular formula is C10H16FN5O. The number of carbonyl (C=O) groups excluding carboxylic acids is 1. The van der Waals surface area contributed by atoms with Crippen LogP contribution in [-0.4, -0.2) is 28.0 Å². The van der Waals surface area contributed by atoms with Gasteiger partial charge in [-0.3, -0.25) is 4.79 Å². The van der Waals surface area contributed by atoms with E-state index in [0.29, 0.717) is 6.54 Å². The number of carbonyl (C=O) groups is 1. The Labute approximate surface area is 98.8 Å². The number of anilines is 2. The number of rotatable bonds is 5. The van der Waals surface area contributed by atoms with Gasteiger partial charge in [0, 0.05) is 6.54 Å². The van der Waals surface area contributed by atoms with Gasteiger partial charge >= 0.3 is 0 Å². The van der Waals surface area contributed by atoms with E-state index in [4.69, 9.17) is 5.73 Å². The van der Waals surface area contributed by atoms with E-state index in [1.807, 2.05) is 6.92 Å². The molecule has 1 rings (SSSR count). The molecule has 0 aliphatic rings. The molecule has 0 atom stereocenters. The molecule has 6 nitrogen and oxygen atoms in total. The molecule has 94 valence electrons. The Hall–Kier alpha value is -1.92. The van der Waals surface area contributed by atoms with Gasteiger partial charge in [0.15, 0.2) is 11.6 Å². The number of hydrogen-bond acceptors (Lipinski definition) is 5. The zero-order valence-electron chi connectivity index (χ0n) is 10.0. The highest BCUT2D eigenvalue weighted by Crippen LogP contribution is 2.17. The van der Waals surface area contributed by atoms with Gasteiger partial charge in [-0.25, -0.2) is 9.37 Å². The molecular weight excluding hydrogens is 225 g/mol. The van der Waals surface area contributed by atoms with Crippen LogP contribution in [0.1, 0.15) is 20.8 Å². The number of aromatic nitrogens is 2. The quantitative estimate of drug-likeness (QED) is 0.706. The van der Waals surface area contributed by atoms with E-state index in [1.54, 1.807) is 13.8 Å². The van der Waals surface area contributed by atoms with Crippen molar-refractivity contribution in [3.8, 4) is 0 Å². The van der Waals surface area contributed by atoms with Crippen molar-refractivity contribution in [1.82, 2.24) is 9.97 Å². The predicted molar refractivity (Wildman–Crippen MR) is 63.0 cm³/mol. The van der Waals surface area contributed by atoms with E-state index >= 15 is 0 Å². The number of primary amides is 1. The van der Waals surface area contributed by atoms with Crippen molar-refractivity contribution in [3.63, 3.8) is 0 Å². The second-order valence-corrected chi connectivity index (χ2v) is 4.03. The van der Waals surface area contributed by atoms with Crippen LogP contribution in [0.4, 0.5) is 16.2 Å². The van der Waals surface area contributed by atoms with Crippen LogP contribution in [0.15, 0.2) is 6.20 Å². The lowest BCUT2D eigenvalue weighted by atomic mass is 10.1. The van der Waals surface area contributed by atoms with Crippen LogP contribution in [0.25, 0.3) is 0 Å². The first-order chi connectivity index (χ1) is 7.86. The topological polar surface area (TPSA) is 92.9 Å². The molecule has 1 aromatic heterocycles. The molecule has 0 aliphatic heterocycles. The van der Waals surface area contributed by atoms with Gasteiger partial charge in [-0.2, -0.15) is 4.98 Å². The second kappa shape index (κ2) is 4.94. The number of nitrogens with zero attached hydrogens (tertiary/aromatic N) is 2. The smallest absolute Gasteiger partial charge is 0.242 e. The first kappa shape index (κ1) is 13.1. The van der Waals surface area contributed by atoms with Crippen molar-refractivity contribution in [2.24, 2.45) is 5.73 Å². The fourth-order valence-corrected chi connectivity index (χ4v) is 1.06. The predicted octanol–water partition coefficient (Wildman–Crippen LogP) is 0.723. The van der Waals surface area contributed by atoms with Crippen LogP contribution < -0.4 is 16.4 Å². The molecule has 0 aliphatic carbocycles. The van der Waals surface area contributed by atoms with E-state index in [2.05, 4.69) is 20.6 Å². The summed E-state index contributed by atoms with van der Waals surface area (Å²) in [5, 5.41) is 5.49. The minimum Gasteiger partial charge on any atom is -0.368 e. The van der Waals surface area contributed by atoms with Gasteiger partial charge in [-0.15, -0.1) is 0 Å². The van der Waals surface area contributed by atoms with Gasteiger partial charge in [0.2, 0.25) is 11.9 Å². The fraction of sp³-hybridized carbons (Fsp3) is 0.500. The van der Waals surface area contributed by atoms with Gasteiger partial charge in [0.05, 0.1) is 6.20 Å². The Kier molecular flexibility index (Phi) is 3.82. The third kappa shape index (κ3) is 3.27. The van der Waals surface area contributed by atoms with Crippen LogP contribution in [0.3, 0.4) is 0 Å². The summed E-state index contributed by atoms with van der Waals surface area (Å²) in [6.45, 7) is 5.57. The summed E-state index contributed by atoms with van der Waals surface area (Å²) in [6, 6.07) is 0. The molecule has 0 unspecified atom stereocenters. The zero-order chi connectivity index (χ0) is 13.1. The van der Waals surface area contributed by atoms with Crippen LogP contribution in [-0.2, 0) is 4.79 Å². The van der Waals surface area contributed by atoms with E-state index in [-0.39, 0.29) is 11.8 Å². The molecule has 17 heavy (non-hydrogen) atoms. The van der Waals surface area contributed by atoms with Gasteiger partial charge in [0.1, 0.15) is 5.54 Å². The number of amides is 1. The van der Waals surface area contributed by atoms with Crippen LogP contribution in [0.5, 0.6) is 0 Å². The largest absolute Gasteiger partial charge is 0.368 e. The summed E-state index contributed by atoms with van der Waals surface area (Å²) in [7, 11) is 0. The first-order valence-corrected chi connectivity index (χ1v) is 5.21. The maximum Gasteiger partial charge on any atom is 0.242 e. The van der Waals surface area contributed by atoms with Crippen molar-refractivity contribution in [2.75, 3.05) is 17.2 Å². The Balaban J connectivity index is 2.97. The average Bonchev–Trinajstić information content (AvgIpc) is 2.23. The molecule has 0 spiro atoms. The van der Waals surface area contributed by atoms with E-state index in [1.165, 1.54) is 0 Å². The third-order valence-corrected chi connectivity index (χ3v) is 2.13. The lowest BCUT2D eigenvalue weighted by Gasteiger charge is -2.23. The second-order valence-electron chi connectivity index (χ2n) is 4.03. The highest BCUT2D eigenvalue weighted by atomic mass is 19.1. The molecule has 4 N–H and O–H groups in total. The summed E-state index contributed by atoms with van der Waals surface area (Å²) < 4.78 is 13.4. The minimum absolute atomic E-state index is 0.0558. The van der Waals surface area contributed by atoms with Gasteiger partial charge in [-0.05, 0) is 20.8 Å². The number of nitrogens with two attached hydrogens (primary N) is 1. The zero-order valence-corrected chi connectivity index (χ0v) is 10.0. The normalized spacial score (nSPS) is 11.1. The minimum atomic E-state index is -1.08. The van der Waals surface area contributed by atoms with Crippen molar-refractivity contribution >= 4 is 17.7 Å². The molecule has 0 fully saturated rings. The SMILES string of the molecule is CCNc1ncc(F)c(NC(C)(C)C(N)=O)n1. The highest BCUT2D eigenvalue weighted by Gasteiger charge is 2.26. The molecule has 7 heteroatoms. The number of nitrogens with one attached hydrogen (secondary N) is 2. The van der Waals surface area contributed by atoms with Gasteiger partial charge < -0.3 is 16.4 Å². The third-order valence-electron chi connectivity index (χ3n) is 2.13. The van der Waals surface area contributed by atoms with E-state index < -0.39 is 17.3 Å². The summed E-state index contributed by atoms with van der Waals surface area (Å²) in [6.07, 6.45) is 1.03. The van der Waals surface area contributed by atoms with Crippen LogP contribution in [0.2, 0.25) is 0 Å². The summed E-state index contributed by atoms with van der Waals surface area (Å²) >= 11 is 0. The Bertz CT molecular complexity index is 421. The molecule has 0 saturated carbocycles. The lowest BCUT2D eigenvalue weighted by Crippen LogP contribution is -2.45. The van der Waals surface area contributed by atoms with E-state index in [9.17, 15) is 9.18 Å². The summed E-state index contributed by atoms with van der Waals surface area (Å²) in [5.74, 6) is -1.00. The Morgan fingerprint density at radius 3 is 2.76 bits per heavy atom. The lowest BCUT2D eigenvalue weighted by molar-refractivity contribution is -0.121. The molecule has 1 amide bonds. The van der Waals surface area contributed by atoms with E-state index in [0.717, 1.165) is 6.20 Å². The summed E-state index contributed by atoms with van der Waals surface area (Å²) in [5.41, 5.74) is 4.10. The molecule has 0 aromatic carbocycles. The first-order valence-electron chi connectivity index (χ1n) is 5.21. The molecule has 1 heterocycles. The molecule has 0 bridgehead atoms. The van der Waals surface area contributed by atoms with Crippen LogP contribution in [0, 0.1) is 5.82 Å². The maximum absolute atomic E-state index is 13.4. The van der Waals surface area contributed by atoms with Gasteiger partial charge in [0.25, 0.3) is 0 Å². The maximum atomic E-state index is 13.4. The standard InChI is InChI=1S/C10H16FN5O/c1-4-13-9-14-5-6(11)7(15-9)16-10(2,3)8(12)17/h5H,4H2,1-3H3,(H2,12,17)(H2,13,14,15,16). The number of hydrogen-bond donors (Lipinski definition) is 3. The van der Waals surface area contributed by atoms with Crippen molar-refractivity contribution in [3.05, 3.63) is 12.0 Å². The highest BCUT2D eigenvalue weighted by molar-refractivity contribution is 5.86. The Morgan fingerprint density at radius 2 is 2.24 bits per heavy atom. The average molecular weight is 241 g/mol. The Morgan fingerprint density at radius 1 is 1.59 bits per heavy atom.